The standard InChI is InChI=1S/C14H24N4OS/c1-9(2)11-12(20-18-17-11)13(19)16-8-10-14(3,4)6-5-7-15-10/h9-10,15H,5-8H2,1-4H3,(H,16,19). The van der Waals surface area contributed by atoms with Gasteiger partial charge in [-0.3, -0.25) is 4.79 Å². The van der Waals surface area contributed by atoms with E-state index >= 15 is 0 Å². The zero-order valence-electron chi connectivity index (χ0n) is 12.7. The van der Waals surface area contributed by atoms with Gasteiger partial charge < -0.3 is 10.6 Å². The van der Waals surface area contributed by atoms with E-state index in [1.165, 1.54) is 24.4 Å². The Balaban J connectivity index is 1.96. The fourth-order valence-electron chi connectivity index (χ4n) is 2.63. The van der Waals surface area contributed by atoms with Crippen molar-refractivity contribution in [3.05, 3.63) is 10.6 Å². The van der Waals surface area contributed by atoms with Gasteiger partial charge in [0.1, 0.15) is 4.88 Å². The van der Waals surface area contributed by atoms with E-state index in [2.05, 4.69) is 34.1 Å². The van der Waals surface area contributed by atoms with Crippen LogP contribution in [0.2, 0.25) is 0 Å². The van der Waals surface area contributed by atoms with Gasteiger partial charge in [-0.2, -0.15) is 0 Å². The predicted octanol–water partition coefficient (Wildman–Crippen LogP) is 2.17. The van der Waals surface area contributed by atoms with Crippen molar-refractivity contribution in [2.75, 3.05) is 13.1 Å². The number of aromatic nitrogens is 2. The number of carbonyl (C=O) groups is 1. The molecule has 0 bridgehead atoms. The molecule has 1 unspecified atom stereocenters. The number of rotatable bonds is 4. The SMILES string of the molecule is CC(C)c1nnsc1C(=O)NCC1NCCCC1(C)C. The van der Waals surface area contributed by atoms with Crippen LogP contribution in [0.1, 0.15) is 61.8 Å². The zero-order valence-corrected chi connectivity index (χ0v) is 13.5. The molecular weight excluding hydrogens is 272 g/mol. The van der Waals surface area contributed by atoms with Gasteiger partial charge in [-0.05, 0) is 42.3 Å². The van der Waals surface area contributed by atoms with E-state index in [-0.39, 0.29) is 17.2 Å². The number of piperidine rings is 1. The van der Waals surface area contributed by atoms with Crippen molar-refractivity contribution in [2.45, 2.75) is 52.5 Å². The third-order valence-corrected chi connectivity index (χ3v) is 4.81. The summed E-state index contributed by atoms with van der Waals surface area (Å²) < 4.78 is 3.90. The first-order valence-electron chi connectivity index (χ1n) is 7.25. The van der Waals surface area contributed by atoms with Gasteiger partial charge in [-0.15, -0.1) is 5.10 Å². The lowest BCUT2D eigenvalue weighted by Crippen LogP contribution is -2.52. The number of nitrogens with zero attached hydrogens (tertiary/aromatic N) is 2. The van der Waals surface area contributed by atoms with E-state index in [0.717, 1.165) is 12.2 Å². The lowest BCUT2D eigenvalue weighted by molar-refractivity contribution is 0.0931. The monoisotopic (exact) mass is 296 g/mol. The van der Waals surface area contributed by atoms with Crippen molar-refractivity contribution >= 4 is 17.4 Å². The van der Waals surface area contributed by atoms with Crippen LogP contribution in [-0.2, 0) is 0 Å². The van der Waals surface area contributed by atoms with E-state index in [9.17, 15) is 4.79 Å². The van der Waals surface area contributed by atoms with Crippen LogP contribution >= 0.6 is 11.5 Å². The van der Waals surface area contributed by atoms with Gasteiger partial charge in [0.2, 0.25) is 0 Å². The van der Waals surface area contributed by atoms with Crippen LogP contribution in [0.25, 0.3) is 0 Å². The lowest BCUT2D eigenvalue weighted by atomic mass is 9.77. The first kappa shape index (κ1) is 15.4. The minimum Gasteiger partial charge on any atom is -0.350 e. The Morgan fingerprint density at radius 3 is 2.95 bits per heavy atom. The van der Waals surface area contributed by atoms with Crippen LogP contribution in [0.3, 0.4) is 0 Å². The molecule has 1 aromatic rings. The molecule has 1 aliphatic rings. The van der Waals surface area contributed by atoms with E-state index in [4.69, 9.17) is 0 Å². The molecule has 2 heterocycles. The molecule has 0 spiro atoms. The maximum absolute atomic E-state index is 12.3. The molecule has 0 aliphatic carbocycles. The number of hydrogen-bond acceptors (Lipinski definition) is 5. The summed E-state index contributed by atoms with van der Waals surface area (Å²) in [5, 5.41) is 10.6. The first-order chi connectivity index (χ1) is 9.42. The smallest absolute Gasteiger partial charge is 0.265 e. The molecule has 5 nitrogen and oxygen atoms in total. The molecule has 2 N–H and O–H groups in total. The Morgan fingerprint density at radius 2 is 2.30 bits per heavy atom. The molecule has 20 heavy (non-hydrogen) atoms. The highest BCUT2D eigenvalue weighted by Crippen LogP contribution is 2.29. The minimum atomic E-state index is -0.0492. The zero-order chi connectivity index (χ0) is 14.8. The first-order valence-corrected chi connectivity index (χ1v) is 8.03. The summed E-state index contributed by atoms with van der Waals surface area (Å²) in [7, 11) is 0. The molecule has 1 amide bonds. The van der Waals surface area contributed by atoms with Crippen LogP contribution < -0.4 is 10.6 Å². The Labute approximate surface area is 124 Å². The molecule has 112 valence electrons. The van der Waals surface area contributed by atoms with E-state index < -0.39 is 0 Å². The summed E-state index contributed by atoms with van der Waals surface area (Å²) in [6, 6.07) is 0.323. The molecular formula is C14H24N4OS. The maximum Gasteiger partial charge on any atom is 0.265 e. The lowest BCUT2D eigenvalue weighted by Gasteiger charge is -2.39. The second-order valence-electron chi connectivity index (χ2n) is 6.45. The summed E-state index contributed by atoms with van der Waals surface area (Å²) in [6.07, 6.45) is 2.40. The summed E-state index contributed by atoms with van der Waals surface area (Å²) >= 11 is 1.18. The summed E-state index contributed by atoms with van der Waals surface area (Å²) in [5.41, 5.74) is 1.02. The Morgan fingerprint density at radius 1 is 1.55 bits per heavy atom. The average Bonchev–Trinajstić information content (AvgIpc) is 2.86. The van der Waals surface area contributed by atoms with Crippen molar-refractivity contribution in [3.63, 3.8) is 0 Å². The number of carbonyl (C=O) groups excluding carboxylic acids is 1. The molecule has 2 rings (SSSR count). The van der Waals surface area contributed by atoms with Crippen molar-refractivity contribution in [3.8, 4) is 0 Å². The minimum absolute atomic E-state index is 0.0492. The molecule has 1 saturated heterocycles. The highest BCUT2D eigenvalue weighted by molar-refractivity contribution is 7.08. The van der Waals surface area contributed by atoms with E-state index in [0.29, 0.717) is 17.5 Å². The van der Waals surface area contributed by atoms with Gasteiger partial charge >= 0.3 is 0 Å². The quantitative estimate of drug-likeness (QED) is 0.893. The van der Waals surface area contributed by atoms with Crippen LogP contribution in [0.4, 0.5) is 0 Å². The summed E-state index contributed by atoms with van der Waals surface area (Å²) in [5.74, 6) is 0.172. The molecule has 0 saturated carbocycles. The second kappa shape index (κ2) is 6.18. The van der Waals surface area contributed by atoms with Gasteiger partial charge in [-0.25, -0.2) is 0 Å². The van der Waals surface area contributed by atoms with E-state index in [1.54, 1.807) is 0 Å². The number of amides is 1. The third kappa shape index (κ3) is 3.35. The fourth-order valence-corrected chi connectivity index (χ4v) is 3.36. The Bertz CT molecular complexity index is 469. The molecule has 0 aromatic carbocycles. The molecule has 1 aromatic heterocycles. The van der Waals surface area contributed by atoms with Crippen molar-refractivity contribution in [2.24, 2.45) is 5.41 Å². The Kier molecular flexibility index (Phi) is 4.75. The maximum atomic E-state index is 12.3. The Hall–Kier alpha value is -1.01. The number of hydrogen-bond donors (Lipinski definition) is 2. The topological polar surface area (TPSA) is 66.9 Å². The molecule has 1 aliphatic heterocycles. The highest BCUT2D eigenvalue weighted by atomic mass is 32.1. The summed E-state index contributed by atoms with van der Waals surface area (Å²) in [4.78, 5) is 12.9. The average molecular weight is 296 g/mol. The van der Waals surface area contributed by atoms with Crippen LogP contribution in [0.15, 0.2) is 0 Å². The van der Waals surface area contributed by atoms with Crippen LogP contribution in [-0.4, -0.2) is 34.6 Å². The largest absolute Gasteiger partial charge is 0.350 e. The van der Waals surface area contributed by atoms with Gasteiger partial charge in [0.25, 0.3) is 5.91 Å². The van der Waals surface area contributed by atoms with Crippen molar-refractivity contribution < 1.29 is 4.79 Å². The molecule has 0 radical (unpaired) electrons. The predicted molar refractivity (Wildman–Crippen MR) is 81.1 cm³/mol. The molecule has 1 atom stereocenters. The molecule has 6 heteroatoms. The normalized spacial score (nSPS) is 21.9. The highest BCUT2D eigenvalue weighted by Gasteiger charge is 2.32. The van der Waals surface area contributed by atoms with Gasteiger partial charge in [0, 0.05) is 12.6 Å². The van der Waals surface area contributed by atoms with Crippen LogP contribution in [0.5, 0.6) is 0 Å². The fraction of sp³-hybridized carbons (Fsp3) is 0.786. The number of nitrogens with one attached hydrogen (secondary N) is 2. The third-order valence-electron chi connectivity index (χ3n) is 4.07. The summed E-state index contributed by atoms with van der Waals surface area (Å²) in [6.45, 7) is 10.2. The van der Waals surface area contributed by atoms with Gasteiger partial charge in [0.05, 0.1) is 5.69 Å². The second-order valence-corrected chi connectivity index (χ2v) is 7.20. The van der Waals surface area contributed by atoms with Crippen molar-refractivity contribution in [1.82, 2.24) is 20.2 Å². The van der Waals surface area contributed by atoms with Gasteiger partial charge in [0.15, 0.2) is 0 Å². The van der Waals surface area contributed by atoms with Crippen molar-refractivity contribution in [1.29, 1.82) is 0 Å². The van der Waals surface area contributed by atoms with E-state index in [1.807, 2.05) is 13.8 Å². The van der Waals surface area contributed by atoms with Crippen LogP contribution in [0, 0.1) is 5.41 Å². The van der Waals surface area contributed by atoms with Gasteiger partial charge in [-0.1, -0.05) is 32.2 Å². The molecule has 1 fully saturated rings.